The summed E-state index contributed by atoms with van der Waals surface area (Å²) < 4.78 is 1.13. The van der Waals surface area contributed by atoms with Gasteiger partial charge in [0, 0.05) is 21.4 Å². The van der Waals surface area contributed by atoms with Crippen molar-refractivity contribution < 1.29 is 5.11 Å². The minimum absolute atomic E-state index is 0.0754. The van der Waals surface area contributed by atoms with Gasteiger partial charge >= 0.3 is 0 Å². The zero-order chi connectivity index (χ0) is 13.7. The van der Waals surface area contributed by atoms with Crippen molar-refractivity contribution in [2.75, 3.05) is 6.61 Å². The predicted octanol–water partition coefficient (Wildman–Crippen LogP) is 3.76. The molecule has 1 heterocycles. The molecule has 0 aliphatic carbocycles. The number of thiophene rings is 1. The van der Waals surface area contributed by atoms with Crippen LogP contribution in [0.25, 0.3) is 0 Å². The zero-order valence-corrected chi connectivity index (χ0v) is 13.2. The van der Waals surface area contributed by atoms with Crippen molar-refractivity contribution in [2.45, 2.75) is 25.4 Å². The molecule has 0 radical (unpaired) electrons. The summed E-state index contributed by atoms with van der Waals surface area (Å²) in [5, 5.41) is 15.1. The number of aliphatic hydroxyl groups is 1. The normalized spacial score (nSPS) is 14.3. The van der Waals surface area contributed by atoms with Crippen molar-refractivity contribution in [2.24, 2.45) is 0 Å². The summed E-state index contributed by atoms with van der Waals surface area (Å²) in [5.74, 6) is 0. The maximum absolute atomic E-state index is 9.53. The average Bonchev–Trinajstić information content (AvgIpc) is 2.85. The molecule has 2 unspecified atom stereocenters. The summed E-state index contributed by atoms with van der Waals surface area (Å²) in [5.41, 5.74) is 1.24. The van der Waals surface area contributed by atoms with Gasteiger partial charge in [0.25, 0.3) is 0 Å². The Bertz CT molecular complexity index is 500. The first-order chi connectivity index (χ1) is 9.20. The van der Waals surface area contributed by atoms with E-state index in [4.69, 9.17) is 0 Å². The standard InChI is InChI=1S/C15H18BrNOS/c1-11(15-14(16)7-8-19-15)17-13(10-18)9-12-5-3-2-4-6-12/h2-8,11,13,17-18H,9-10H2,1H3. The van der Waals surface area contributed by atoms with Crippen molar-refractivity contribution in [3.05, 3.63) is 56.7 Å². The van der Waals surface area contributed by atoms with Crippen molar-refractivity contribution in [3.63, 3.8) is 0 Å². The van der Waals surface area contributed by atoms with Gasteiger partial charge in [-0.1, -0.05) is 30.3 Å². The number of benzene rings is 1. The Kier molecular flexibility index (Phi) is 5.58. The summed E-state index contributed by atoms with van der Waals surface area (Å²) in [6.07, 6.45) is 0.838. The molecule has 0 amide bonds. The summed E-state index contributed by atoms with van der Waals surface area (Å²) in [6.45, 7) is 2.27. The van der Waals surface area contributed by atoms with E-state index in [1.165, 1.54) is 10.4 Å². The molecule has 2 nitrogen and oxygen atoms in total. The highest BCUT2D eigenvalue weighted by atomic mass is 79.9. The molecular weight excluding hydrogens is 322 g/mol. The first kappa shape index (κ1) is 14.7. The van der Waals surface area contributed by atoms with Gasteiger partial charge in [0.2, 0.25) is 0 Å². The van der Waals surface area contributed by atoms with E-state index in [1.807, 2.05) is 18.2 Å². The Balaban J connectivity index is 1.98. The Morgan fingerprint density at radius 3 is 2.58 bits per heavy atom. The summed E-state index contributed by atoms with van der Waals surface area (Å²) in [4.78, 5) is 1.27. The third-order valence-electron chi connectivity index (χ3n) is 3.07. The Labute approximate surface area is 126 Å². The van der Waals surface area contributed by atoms with Crippen LogP contribution in [0.1, 0.15) is 23.4 Å². The second-order valence-electron chi connectivity index (χ2n) is 4.59. The quantitative estimate of drug-likeness (QED) is 0.839. The van der Waals surface area contributed by atoms with Gasteiger partial charge < -0.3 is 10.4 Å². The highest BCUT2D eigenvalue weighted by Crippen LogP contribution is 2.29. The maximum Gasteiger partial charge on any atom is 0.0588 e. The van der Waals surface area contributed by atoms with Crippen LogP contribution in [0.5, 0.6) is 0 Å². The number of rotatable bonds is 6. The SMILES string of the molecule is CC(NC(CO)Cc1ccccc1)c1sccc1Br. The van der Waals surface area contributed by atoms with Crippen LogP contribution < -0.4 is 5.32 Å². The van der Waals surface area contributed by atoms with Crippen LogP contribution in [0.3, 0.4) is 0 Å². The Morgan fingerprint density at radius 1 is 1.26 bits per heavy atom. The molecule has 0 aliphatic heterocycles. The Morgan fingerprint density at radius 2 is 2.00 bits per heavy atom. The molecule has 0 saturated carbocycles. The van der Waals surface area contributed by atoms with Gasteiger partial charge in [0.1, 0.15) is 0 Å². The largest absolute Gasteiger partial charge is 0.395 e. The smallest absolute Gasteiger partial charge is 0.0588 e. The van der Waals surface area contributed by atoms with Crippen LogP contribution in [0.2, 0.25) is 0 Å². The lowest BCUT2D eigenvalue weighted by molar-refractivity contribution is 0.233. The van der Waals surface area contributed by atoms with Gasteiger partial charge in [-0.2, -0.15) is 0 Å². The number of halogens is 1. The number of hydrogen-bond acceptors (Lipinski definition) is 3. The second kappa shape index (κ2) is 7.20. The first-order valence-electron chi connectivity index (χ1n) is 6.34. The molecule has 0 saturated heterocycles. The van der Waals surface area contributed by atoms with Crippen LogP contribution >= 0.6 is 27.3 Å². The molecule has 102 valence electrons. The van der Waals surface area contributed by atoms with Crippen LogP contribution in [0, 0.1) is 0 Å². The van der Waals surface area contributed by atoms with E-state index in [0.29, 0.717) is 0 Å². The fourth-order valence-electron chi connectivity index (χ4n) is 2.12. The lowest BCUT2D eigenvalue weighted by atomic mass is 10.1. The van der Waals surface area contributed by atoms with Crippen molar-refractivity contribution in [3.8, 4) is 0 Å². The molecule has 2 aromatic rings. The molecule has 2 atom stereocenters. The highest BCUT2D eigenvalue weighted by Gasteiger charge is 2.16. The lowest BCUT2D eigenvalue weighted by Crippen LogP contribution is -2.36. The minimum atomic E-state index is 0.0754. The van der Waals surface area contributed by atoms with Crippen LogP contribution in [0.15, 0.2) is 46.3 Å². The molecule has 0 bridgehead atoms. The monoisotopic (exact) mass is 339 g/mol. The molecule has 0 fully saturated rings. The number of aliphatic hydroxyl groups excluding tert-OH is 1. The van der Waals surface area contributed by atoms with Crippen LogP contribution in [-0.2, 0) is 6.42 Å². The first-order valence-corrected chi connectivity index (χ1v) is 8.01. The van der Waals surface area contributed by atoms with Crippen molar-refractivity contribution in [1.29, 1.82) is 0 Å². The van der Waals surface area contributed by atoms with Gasteiger partial charge in [-0.25, -0.2) is 0 Å². The van der Waals surface area contributed by atoms with Gasteiger partial charge in [-0.3, -0.25) is 0 Å². The molecule has 0 spiro atoms. The average molecular weight is 340 g/mol. The van der Waals surface area contributed by atoms with Gasteiger partial charge in [0.15, 0.2) is 0 Å². The van der Waals surface area contributed by atoms with E-state index in [-0.39, 0.29) is 18.7 Å². The number of hydrogen-bond donors (Lipinski definition) is 2. The van der Waals surface area contributed by atoms with E-state index in [9.17, 15) is 5.11 Å². The highest BCUT2D eigenvalue weighted by molar-refractivity contribution is 9.10. The fourth-order valence-corrected chi connectivity index (χ4v) is 3.85. The van der Waals surface area contributed by atoms with E-state index in [0.717, 1.165) is 10.9 Å². The van der Waals surface area contributed by atoms with E-state index >= 15 is 0 Å². The minimum Gasteiger partial charge on any atom is -0.395 e. The fraction of sp³-hybridized carbons (Fsp3) is 0.333. The van der Waals surface area contributed by atoms with E-state index in [1.54, 1.807) is 11.3 Å². The summed E-state index contributed by atoms with van der Waals surface area (Å²) in [7, 11) is 0. The van der Waals surface area contributed by atoms with Crippen LogP contribution in [-0.4, -0.2) is 17.8 Å². The maximum atomic E-state index is 9.53. The zero-order valence-electron chi connectivity index (χ0n) is 10.8. The van der Waals surface area contributed by atoms with Gasteiger partial charge in [-0.05, 0) is 46.3 Å². The molecule has 4 heteroatoms. The molecule has 0 aliphatic rings. The molecule has 1 aromatic carbocycles. The third-order valence-corrected chi connectivity index (χ3v) is 5.12. The number of nitrogens with one attached hydrogen (secondary N) is 1. The van der Waals surface area contributed by atoms with Crippen LogP contribution in [0.4, 0.5) is 0 Å². The lowest BCUT2D eigenvalue weighted by Gasteiger charge is -2.21. The topological polar surface area (TPSA) is 32.3 Å². The van der Waals surface area contributed by atoms with E-state index < -0.39 is 0 Å². The van der Waals surface area contributed by atoms with E-state index in [2.05, 4.69) is 51.7 Å². The van der Waals surface area contributed by atoms with Crippen molar-refractivity contribution in [1.82, 2.24) is 5.32 Å². The van der Waals surface area contributed by atoms with Crippen molar-refractivity contribution >= 4 is 27.3 Å². The predicted molar refractivity (Wildman–Crippen MR) is 84.6 cm³/mol. The molecule has 19 heavy (non-hydrogen) atoms. The molecule has 1 aromatic heterocycles. The van der Waals surface area contributed by atoms with Gasteiger partial charge in [0.05, 0.1) is 6.61 Å². The second-order valence-corrected chi connectivity index (χ2v) is 6.39. The summed E-state index contributed by atoms with van der Waals surface area (Å²) in [6, 6.07) is 12.6. The summed E-state index contributed by atoms with van der Waals surface area (Å²) >= 11 is 5.28. The molecule has 2 rings (SSSR count). The van der Waals surface area contributed by atoms with Gasteiger partial charge in [-0.15, -0.1) is 11.3 Å². The third kappa shape index (κ3) is 4.14. The molecule has 2 N–H and O–H groups in total. The Hall–Kier alpha value is -0.680. The molecular formula is C15H18BrNOS.